The molecular formula is C63H111N11O13. The molecule has 24 nitrogen and oxygen atoms in total. The number of carbonyl (C=O) groups excluding carboxylic acids is 12. The van der Waals surface area contributed by atoms with Crippen molar-refractivity contribution in [2.24, 2.45) is 41.4 Å². The van der Waals surface area contributed by atoms with Gasteiger partial charge in [-0.05, 0) is 107 Å². The average Bonchev–Trinajstić information content (AvgIpc) is 1.19. The van der Waals surface area contributed by atoms with Crippen molar-refractivity contribution >= 4 is 70.8 Å². The molecule has 1 heterocycles. The molecule has 0 saturated carbocycles. The SMILES string of the molecule is CC[C@@H]1NC(=O)C([C@H](O)[C@H](C)CC=CC(C)=O)N(C)C(=O)[C@H](C(C)C)N(C)C(=O)[C@H](CC(C)C)N(C)C(=O)[C@H](CC(C)C)N(C)C(=O)[C@H](C)NC(=O)[C@H](C)NC(=O)[C@H](CC(C)C)N(C)C(=O)[C@H](C(C)C)NC(=O)[C@H](CC(C)C)N(C)C(=O)CN(C)C1=O. The van der Waals surface area contributed by atoms with Gasteiger partial charge in [0, 0.05) is 49.3 Å². The van der Waals surface area contributed by atoms with Gasteiger partial charge >= 0.3 is 0 Å². The molecule has 1 rings (SSSR count). The normalized spacial score (nSPS) is 26.5. The number of rotatable bonds is 16. The molecule has 1 unspecified atom stereocenters. The van der Waals surface area contributed by atoms with E-state index in [9.17, 15) is 53.1 Å². The number of hydrogen-bond donors (Lipinski definition) is 5. The lowest BCUT2D eigenvalue weighted by molar-refractivity contribution is -0.157. The number of hydrogen-bond acceptors (Lipinski definition) is 13. The molecule has 12 atom stereocenters. The van der Waals surface area contributed by atoms with Crippen LogP contribution in [0.25, 0.3) is 0 Å². The lowest BCUT2D eigenvalue weighted by Crippen LogP contribution is -2.63. The number of aliphatic hydroxyl groups is 1. The molecule has 1 aliphatic heterocycles. The molecule has 11 amide bonds. The minimum atomic E-state index is -1.70. The van der Waals surface area contributed by atoms with Crippen molar-refractivity contribution in [1.29, 1.82) is 0 Å². The Kier molecular flexibility index (Phi) is 32.1. The predicted molar refractivity (Wildman–Crippen MR) is 333 cm³/mol. The van der Waals surface area contributed by atoms with Crippen LogP contribution >= 0.6 is 0 Å². The molecule has 24 heteroatoms. The van der Waals surface area contributed by atoms with Crippen molar-refractivity contribution in [1.82, 2.24) is 55.6 Å². The van der Waals surface area contributed by atoms with Gasteiger partial charge in [0.2, 0.25) is 65.0 Å². The summed E-state index contributed by atoms with van der Waals surface area (Å²) in [5, 5.41) is 23.1. The van der Waals surface area contributed by atoms with Gasteiger partial charge in [0.1, 0.15) is 60.4 Å². The number of nitrogens with zero attached hydrogens (tertiary/aromatic N) is 7. The summed E-state index contributed by atoms with van der Waals surface area (Å²) >= 11 is 0. The monoisotopic (exact) mass is 1230 g/mol. The first-order valence-corrected chi connectivity index (χ1v) is 31.0. The van der Waals surface area contributed by atoms with Crippen LogP contribution in [0, 0.1) is 41.4 Å². The Morgan fingerprint density at radius 2 is 0.897 bits per heavy atom. The minimum absolute atomic E-state index is 0.0160. The van der Waals surface area contributed by atoms with Crippen LogP contribution in [0.5, 0.6) is 0 Å². The first kappa shape index (κ1) is 78.6. The standard InChI is InChI=1S/C63H111N11O13/c1-25-44-59(83)68(18)33-49(76)69(19)45(29-34(2)3)56(80)67-50(38(10)11)62(86)70(20)46(30-35(4)5)55(79)64-42(16)54(78)65-43(17)58(82)71(21)47(31-36(6)7)60(84)72(22)48(32-37(8)9)61(85)73(23)51(39(12)13)63(87)74(24)52(57(81)66-44)53(77)40(14)27-26-28-41(15)75/h26,28,34-40,42-48,50-53,77H,25,27,29-33H2,1-24H3,(H,64,79)(H,65,78)(H,66,81)(H,67,80)/t40-,42+,43+,44+,45+,46+,47+,48+,50+,51+,52?,53-/m1/s1. The zero-order chi connectivity index (χ0) is 67.6. The first-order valence-electron chi connectivity index (χ1n) is 31.0. The fraction of sp³-hybridized carbons (Fsp3) is 0.778. The highest BCUT2D eigenvalue weighted by atomic mass is 16.3. The van der Waals surface area contributed by atoms with Crippen LogP contribution in [0.1, 0.15) is 156 Å². The predicted octanol–water partition coefficient (Wildman–Crippen LogP) is 2.84. The largest absolute Gasteiger partial charge is 0.390 e. The van der Waals surface area contributed by atoms with E-state index in [1.54, 1.807) is 41.5 Å². The molecule has 1 fully saturated rings. The van der Waals surface area contributed by atoms with Gasteiger partial charge in [-0.1, -0.05) is 103 Å². The van der Waals surface area contributed by atoms with Gasteiger partial charge in [0.05, 0.1) is 12.6 Å². The quantitative estimate of drug-likeness (QED) is 0.139. The molecule has 0 aromatic heterocycles. The molecule has 496 valence electrons. The van der Waals surface area contributed by atoms with Gasteiger partial charge in [-0.25, -0.2) is 0 Å². The average molecular weight is 1230 g/mol. The Morgan fingerprint density at radius 3 is 1.34 bits per heavy atom. The minimum Gasteiger partial charge on any atom is -0.390 e. The van der Waals surface area contributed by atoms with Crippen LogP contribution in [0.15, 0.2) is 12.2 Å². The summed E-state index contributed by atoms with van der Waals surface area (Å²) in [6.07, 6.45) is 1.85. The second kappa shape index (κ2) is 35.5. The van der Waals surface area contributed by atoms with Crippen molar-refractivity contribution in [3.8, 4) is 0 Å². The number of amides is 11. The maximum Gasteiger partial charge on any atom is 0.246 e. The van der Waals surface area contributed by atoms with Crippen molar-refractivity contribution in [3.05, 3.63) is 12.2 Å². The summed E-state index contributed by atoms with van der Waals surface area (Å²) in [5.41, 5.74) is 0. The summed E-state index contributed by atoms with van der Waals surface area (Å²) in [6, 6.07) is -12.6. The molecule has 1 saturated heterocycles. The summed E-state index contributed by atoms with van der Waals surface area (Å²) in [5.74, 6) is -10.5. The number of aliphatic hydroxyl groups excluding tert-OH is 1. The van der Waals surface area contributed by atoms with Gasteiger partial charge in [-0.15, -0.1) is 0 Å². The smallest absolute Gasteiger partial charge is 0.246 e. The number of likely N-dealkylation sites (N-methyl/N-ethyl adjacent to an activating group) is 7. The third-order valence-corrected chi connectivity index (χ3v) is 16.2. The Bertz CT molecular complexity index is 2430. The molecule has 1 aliphatic rings. The van der Waals surface area contributed by atoms with Gasteiger partial charge in [-0.3, -0.25) is 57.5 Å². The van der Waals surface area contributed by atoms with Crippen LogP contribution in [0.2, 0.25) is 0 Å². The Morgan fingerprint density at radius 1 is 0.483 bits per heavy atom. The lowest BCUT2D eigenvalue weighted by atomic mass is 9.91. The Labute approximate surface area is 519 Å². The zero-order valence-corrected chi connectivity index (χ0v) is 57.0. The van der Waals surface area contributed by atoms with E-state index in [2.05, 4.69) is 21.3 Å². The van der Waals surface area contributed by atoms with Crippen molar-refractivity contribution in [2.75, 3.05) is 55.9 Å². The van der Waals surface area contributed by atoms with E-state index >= 15 is 9.59 Å². The first-order chi connectivity index (χ1) is 40.1. The van der Waals surface area contributed by atoms with Gasteiger partial charge in [0.25, 0.3) is 0 Å². The van der Waals surface area contributed by atoms with Crippen molar-refractivity contribution in [2.45, 2.75) is 223 Å². The topological polar surface area (TPSA) is 296 Å². The van der Waals surface area contributed by atoms with Crippen molar-refractivity contribution < 1.29 is 62.6 Å². The van der Waals surface area contributed by atoms with Crippen molar-refractivity contribution in [3.63, 3.8) is 0 Å². The number of allylic oxidation sites excluding steroid dienone is 2. The molecule has 5 N–H and O–H groups in total. The van der Waals surface area contributed by atoms with E-state index in [1.807, 2.05) is 55.4 Å². The molecular weight excluding hydrogens is 1120 g/mol. The summed E-state index contributed by atoms with van der Waals surface area (Å²) < 4.78 is 0. The number of nitrogens with one attached hydrogen (secondary N) is 4. The van der Waals surface area contributed by atoms with Crippen LogP contribution in [0.4, 0.5) is 0 Å². The van der Waals surface area contributed by atoms with Crippen LogP contribution in [-0.2, 0) is 57.5 Å². The molecule has 87 heavy (non-hydrogen) atoms. The van der Waals surface area contributed by atoms with E-state index in [0.717, 1.165) is 9.80 Å². The Hall–Kier alpha value is -6.46. The maximum atomic E-state index is 15.2. The van der Waals surface area contributed by atoms with E-state index in [-0.39, 0.29) is 68.0 Å². The summed E-state index contributed by atoms with van der Waals surface area (Å²) in [6.45, 7) is 28.5. The van der Waals surface area contributed by atoms with E-state index in [0.29, 0.717) is 0 Å². The maximum absolute atomic E-state index is 15.2. The van der Waals surface area contributed by atoms with Crippen LogP contribution in [0.3, 0.4) is 0 Å². The third kappa shape index (κ3) is 22.6. The highest BCUT2D eigenvalue weighted by molar-refractivity contribution is 5.99. The second-order valence-corrected chi connectivity index (χ2v) is 26.5. The fourth-order valence-electron chi connectivity index (χ4n) is 10.8. The van der Waals surface area contributed by atoms with Gasteiger partial charge < -0.3 is 60.7 Å². The Balaban J connectivity index is 4.35. The van der Waals surface area contributed by atoms with Crippen LogP contribution < -0.4 is 21.3 Å². The molecule has 0 spiro atoms. The second-order valence-electron chi connectivity index (χ2n) is 26.5. The van der Waals surface area contributed by atoms with Gasteiger partial charge in [-0.2, -0.15) is 0 Å². The van der Waals surface area contributed by atoms with Crippen LogP contribution in [-0.4, -0.2) is 233 Å². The summed E-state index contributed by atoms with van der Waals surface area (Å²) in [7, 11) is 9.76. The highest BCUT2D eigenvalue weighted by Crippen LogP contribution is 2.26. The molecule has 0 bridgehead atoms. The molecule has 0 aromatic rings. The van der Waals surface area contributed by atoms with E-state index in [4.69, 9.17) is 0 Å². The number of ketones is 1. The summed E-state index contributed by atoms with van der Waals surface area (Å²) in [4.78, 5) is 180. The molecule has 0 aliphatic carbocycles. The highest BCUT2D eigenvalue weighted by Gasteiger charge is 2.45. The van der Waals surface area contributed by atoms with E-state index < -0.39 is 156 Å². The molecule has 0 radical (unpaired) electrons. The lowest BCUT2D eigenvalue weighted by Gasteiger charge is -2.41. The van der Waals surface area contributed by atoms with Gasteiger partial charge in [0.15, 0.2) is 5.78 Å². The zero-order valence-electron chi connectivity index (χ0n) is 57.0. The molecule has 0 aromatic carbocycles. The third-order valence-electron chi connectivity index (χ3n) is 16.2. The number of carbonyl (C=O) groups is 12. The van der Waals surface area contributed by atoms with E-state index in [1.165, 1.54) is 107 Å². The fourth-order valence-corrected chi connectivity index (χ4v) is 10.8.